The van der Waals surface area contributed by atoms with Crippen LogP contribution in [0.15, 0.2) is 34.1 Å². The topological polar surface area (TPSA) is 58.4 Å². The van der Waals surface area contributed by atoms with Gasteiger partial charge in [0.2, 0.25) is 11.8 Å². The Hall–Kier alpha value is -2.65. The van der Waals surface area contributed by atoms with E-state index < -0.39 is 29.0 Å². The molecule has 1 N–H and O–H groups in total. The molecule has 0 radical (unpaired) electrons. The van der Waals surface area contributed by atoms with Crippen molar-refractivity contribution < 1.29 is 22.4 Å². The third kappa shape index (κ3) is 5.04. The third-order valence-corrected chi connectivity index (χ3v) is 5.07. The van der Waals surface area contributed by atoms with E-state index in [0.717, 1.165) is 23.4 Å². The molecule has 9 heteroatoms. The van der Waals surface area contributed by atoms with Gasteiger partial charge < -0.3 is 9.73 Å². The van der Waals surface area contributed by atoms with Crippen molar-refractivity contribution in [1.29, 1.82) is 0 Å². The number of rotatable bonds is 8. The standard InChI is InChI=1S/C20H20F3N3O2S/c1-3-8-26(10-15-12(2)28-20(25-15)16-5-4-9-29-16)11-17(27)24-14-7-6-13(21)18(22)19(14)23/h4-7,9H,3,8,10-11H2,1-2H3,(H,24,27). The summed E-state index contributed by atoms with van der Waals surface area (Å²) in [7, 11) is 0. The zero-order valence-electron chi connectivity index (χ0n) is 16.0. The van der Waals surface area contributed by atoms with Gasteiger partial charge in [-0.15, -0.1) is 11.3 Å². The second-order valence-corrected chi connectivity index (χ2v) is 7.43. The highest BCUT2D eigenvalue weighted by molar-refractivity contribution is 7.13. The molecule has 0 fully saturated rings. The summed E-state index contributed by atoms with van der Waals surface area (Å²) in [6.45, 7) is 4.66. The number of amides is 1. The molecule has 2 aromatic heterocycles. The van der Waals surface area contributed by atoms with Crippen molar-refractivity contribution in [2.45, 2.75) is 26.8 Å². The Morgan fingerprint density at radius 1 is 1.24 bits per heavy atom. The summed E-state index contributed by atoms with van der Waals surface area (Å²) in [6.07, 6.45) is 0.779. The maximum Gasteiger partial charge on any atom is 0.238 e. The number of thiophene rings is 1. The molecule has 0 saturated heterocycles. The van der Waals surface area contributed by atoms with Gasteiger partial charge in [-0.2, -0.15) is 0 Å². The number of carbonyl (C=O) groups is 1. The van der Waals surface area contributed by atoms with Crippen LogP contribution < -0.4 is 5.32 Å². The summed E-state index contributed by atoms with van der Waals surface area (Å²) in [4.78, 5) is 19.6. The molecule has 154 valence electrons. The Balaban J connectivity index is 1.69. The molecule has 29 heavy (non-hydrogen) atoms. The van der Waals surface area contributed by atoms with E-state index in [1.165, 1.54) is 11.3 Å². The molecule has 0 aliphatic carbocycles. The van der Waals surface area contributed by atoms with Crippen molar-refractivity contribution in [3.8, 4) is 10.8 Å². The Morgan fingerprint density at radius 2 is 2.03 bits per heavy atom. The van der Waals surface area contributed by atoms with E-state index in [9.17, 15) is 18.0 Å². The fourth-order valence-electron chi connectivity index (χ4n) is 2.84. The predicted molar refractivity (Wildman–Crippen MR) is 105 cm³/mol. The number of nitrogens with zero attached hydrogens (tertiary/aromatic N) is 2. The maximum absolute atomic E-state index is 13.8. The molecule has 3 aromatic rings. The van der Waals surface area contributed by atoms with Gasteiger partial charge in [0.1, 0.15) is 5.76 Å². The second kappa shape index (κ2) is 9.23. The monoisotopic (exact) mass is 423 g/mol. The number of carbonyl (C=O) groups excluding carboxylic acids is 1. The lowest BCUT2D eigenvalue weighted by Gasteiger charge is -2.20. The number of hydrogen-bond acceptors (Lipinski definition) is 5. The second-order valence-electron chi connectivity index (χ2n) is 6.48. The average Bonchev–Trinajstić information content (AvgIpc) is 3.33. The van der Waals surface area contributed by atoms with Gasteiger partial charge in [-0.05, 0) is 43.5 Å². The van der Waals surface area contributed by atoms with E-state index in [2.05, 4.69) is 10.3 Å². The first-order chi connectivity index (χ1) is 13.9. The number of halogens is 3. The molecule has 0 spiro atoms. The molecule has 5 nitrogen and oxygen atoms in total. The minimum absolute atomic E-state index is 0.0626. The van der Waals surface area contributed by atoms with Gasteiger partial charge in [0.25, 0.3) is 0 Å². The Labute approximate surface area is 170 Å². The Bertz CT molecular complexity index is 989. The van der Waals surface area contributed by atoms with E-state index in [1.807, 2.05) is 29.3 Å². The number of anilines is 1. The molecule has 0 aliphatic heterocycles. The number of oxazole rings is 1. The van der Waals surface area contributed by atoms with Crippen LogP contribution in [-0.4, -0.2) is 28.9 Å². The van der Waals surface area contributed by atoms with Gasteiger partial charge in [-0.1, -0.05) is 13.0 Å². The van der Waals surface area contributed by atoms with Crippen LogP contribution in [0.5, 0.6) is 0 Å². The molecule has 0 aliphatic rings. The van der Waals surface area contributed by atoms with E-state index in [1.54, 1.807) is 6.92 Å². The van der Waals surface area contributed by atoms with E-state index in [4.69, 9.17) is 4.42 Å². The molecule has 3 rings (SSSR count). The largest absolute Gasteiger partial charge is 0.440 e. The highest BCUT2D eigenvalue weighted by Gasteiger charge is 2.19. The maximum atomic E-state index is 13.8. The zero-order chi connectivity index (χ0) is 21.0. The number of aryl methyl sites for hydroxylation is 1. The predicted octanol–water partition coefficient (Wildman–Crippen LogP) is 4.98. The highest BCUT2D eigenvalue weighted by atomic mass is 32.1. The van der Waals surface area contributed by atoms with Gasteiger partial charge in [0.05, 0.1) is 22.8 Å². The number of benzene rings is 1. The summed E-state index contributed by atoms with van der Waals surface area (Å²) in [5.74, 6) is -3.71. The van der Waals surface area contributed by atoms with Crippen molar-refractivity contribution in [1.82, 2.24) is 9.88 Å². The molecule has 0 saturated carbocycles. The van der Waals surface area contributed by atoms with Crippen molar-refractivity contribution in [3.05, 3.63) is 58.6 Å². The van der Waals surface area contributed by atoms with Crippen molar-refractivity contribution >= 4 is 22.9 Å². The van der Waals surface area contributed by atoms with Crippen LogP contribution in [0.1, 0.15) is 24.8 Å². The van der Waals surface area contributed by atoms with Crippen molar-refractivity contribution in [2.75, 3.05) is 18.4 Å². The number of hydrogen-bond donors (Lipinski definition) is 1. The van der Waals surface area contributed by atoms with Gasteiger partial charge in [0, 0.05) is 6.54 Å². The van der Waals surface area contributed by atoms with Crippen LogP contribution >= 0.6 is 11.3 Å². The number of aromatic nitrogens is 1. The van der Waals surface area contributed by atoms with Gasteiger partial charge in [0.15, 0.2) is 17.5 Å². The third-order valence-electron chi connectivity index (χ3n) is 4.21. The summed E-state index contributed by atoms with van der Waals surface area (Å²) >= 11 is 1.52. The van der Waals surface area contributed by atoms with Gasteiger partial charge >= 0.3 is 0 Å². The minimum atomic E-state index is -1.62. The molecular formula is C20H20F3N3O2S. The molecule has 1 amide bonds. The highest BCUT2D eigenvalue weighted by Crippen LogP contribution is 2.26. The van der Waals surface area contributed by atoms with Crippen molar-refractivity contribution in [3.63, 3.8) is 0 Å². The van der Waals surface area contributed by atoms with Crippen LogP contribution in [0.25, 0.3) is 10.8 Å². The van der Waals surface area contributed by atoms with Crippen LogP contribution in [0.4, 0.5) is 18.9 Å². The first-order valence-electron chi connectivity index (χ1n) is 9.05. The van der Waals surface area contributed by atoms with Gasteiger partial charge in [-0.25, -0.2) is 18.2 Å². The normalized spacial score (nSPS) is 11.2. The first kappa shape index (κ1) is 21.1. The van der Waals surface area contributed by atoms with Crippen LogP contribution in [-0.2, 0) is 11.3 Å². The van der Waals surface area contributed by atoms with E-state index >= 15 is 0 Å². The molecular weight excluding hydrogens is 403 g/mol. The quantitative estimate of drug-likeness (QED) is 0.519. The summed E-state index contributed by atoms with van der Waals surface area (Å²) in [6, 6.07) is 5.57. The molecule has 0 unspecified atom stereocenters. The van der Waals surface area contributed by atoms with Gasteiger partial charge in [-0.3, -0.25) is 9.69 Å². The van der Waals surface area contributed by atoms with Crippen LogP contribution in [0.3, 0.4) is 0 Å². The summed E-state index contributed by atoms with van der Waals surface area (Å²) < 4.78 is 45.9. The summed E-state index contributed by atoms with van der Waals surface area (Å²) in [5.41, 5.74) is 0.302. The molecule has 1 aromatic carbocycles. The lowest BCUT2D eigenvalue weighted by atomic mass is 10.2. The first-order valence-corrected chi connectivity index (χ1v) is 9.92. The average molecular weight is 423 g/mol. The fourth-order valence-corrected chi connectivity index (χ4v) is 3.49. The van der Waals surface area contributed by atoms with E-state index in [-0.39, 0.29) is 6.54 Å². The zero-order valence-corrected chi connectivity index (χ0v) is 16.8. The Kier molecular flexibility index (Phi) is 6.71. The minimum Gasteiger partial charge on any atom is -0.440 e. The lowest BCUT2D eigenvalue weighted by Crippen LogP contribution is -2.34. The molecule has 2 heterocycles. The molecule has 0 bridgehead atoms. The fraction of sp³-hybridized carbons (Fsp3) is 0.300. The van der Waals surface area contributed by atoms with Crippen LogP contribution in [0.2, 0.25) is 0 Å². The Morgan fingerprint density at radius 3 is 2.72 bits per heavy atom. The molecule has 0 atom stereocenters. The lowest BCUT2D eigenvalue weighted by molar-refractivity contribution is -0.117. The smallest absolute Gasteiger partial charge is 0.238 e. The van der Waals surface area contributed by atoms with Crippen LogP contribution in [0, 0.1) is 24.4 Å². The van der Waals surface area contributed by atoms with E-state index in [0.29, 0.717) is 30.4 Å². The summed E-state index contributed by atoms with van der Waals surface area (Å²) in [5, 5.41) is 4.22. The van der Waals surface area contributed by atoms with Crippen molar-refractivity contribution in [2.24, 2.45) is 0 Å². The number of nitrogens with one attached hydrogen (secondary N) is 1. The SMILES string of the molecule is CCCN(CC(=O)Nc1ccc(F)c(F)c1F)Cc1nc(-c2cccs2)oc1C.